The highest BCUT2D eigenvalue weighted by Gasteiger charge is 2.19. The fourth-order valence-corrected chi connectivity index (χ4v) is 3.18. The minimum Gasteiger partial charge on any atom is -0.378 e. The summed E-state index contributed by atoms with van der Waals surface area (Å²) in [6, 6.07) is 10.8. The van der Waals surface area contributed by atoms with E-state index in [2.05, 4.69) is 10.3 Å². The van der Waals surface area contributed by atoms with E-state index in [1.54, 1.807) is 12.1 Å². The minimum absolute atomic E-state index is 0.0244. The van der Waals surface area contributed by atoms with Crippen LogP contribution >= 0.6 is 0 Å². The summed E-state index contributed by atoms with van der Waals surface area (Å²) < 4.78 is 0. The van der Waals surface area contributed by atoms with E-state index in [0.717, 1.165) is 31.6 Å². The first-order valence-corrected chi connectivity index (χ1v) is 9.38. The van der Waals surface area contributed by atoms with Crippen LogP contribution in [0.25, 0.3) is 0 Å². The lowest BCUT2D eigenvalue weighted by molar-refractivity contribution is 0.0761. The molecule has 1 saturated heterocycles. The molecule has 1 aromatic carbocycles. The predicted octanol–water partition coefficient (Wildman–Crippen LogP) is 3.42. The third kappa shape index (κ3) is 4.84. The monoisotopic (exact) mass is 366 g/mol. The number of nitrogens with one attached hydrogen (secondary N) is 1. The number of amides is 2. The van der Waals surface area contributed by atoms with Crippen LogP contribution in [0.15, 0.2) is 42.6 Å². The molecular formula is C21H26N4O2. The van der Waals surface area contributed by atoms with Crippen LogP contribution in [0.1, 0.15) is 46.5 Å². The van der Waals surface area contributed by atoms with E-state index < -0.39 is 0 Å². The SMILES string of the molecule is CN(C)c1ccc(NC(=O)c2cc(C(=O)N3CCCCCC3)ccn2)cc1. The van der Waals surface area contributed by atoms with Crippen molar-refractivity contribution in [3.05, 3.63) is 53.9 Å². The van der Waals surface area contributed by atoms with Crippen LogP contribution in [0.5, 0.6) is 0 Å². The molecule has 27 heavy (non-hydrogen) atoms. The first-order chi connectivity index (χ1) is 13.0. The number of anilines is 2. The van der Waals surface area contributed by atoms with Crippen LogP contribution in [0.2, 0.25) is 0 Å². The molecule has 0 unspecified atom stereocenters. The second kappa shape index (κ2) is 8.66. The van der Waals surface area contributed by atoms with Gasteiger partial charge in [-0.2, -0.15) is 0 Å². The molecule has 2 heterocycles. The van der Waals surface area contributed by atoms with Crippen molar-refractivity contribution in [2.75, 3.05) is 37.4 Å². The molecule has 0 spiro atoms. The van der Waals surface area contributed by atoms with Gasteiger partial charge in [0.25, 0.3) is 11.8 Å². The fraction of sp³-hybridized carbons (Fsp3) is 0.381. The number of aromatic nitrogens is 1. The van der Waals surface area contributed by atoms with Gasteiger partial charge in [0.1, 0.15) is 5.69 Å². The van der Waals surface area contributed by atoms with E-state index >= 15 is 0 Å². The van der Waals surface area contributed by atoms with Gasteiger partial charge < -0.3 is 15.1 Å². The fourth-order valence-electron chi connectivity index (χ4n) is 3.18. The van der Waals surface area contributed by atoms with Gasteiger partial charge in [-0.15, -0.1) is 0 Å². The van der Waals surface area contributed by atoms with Gasteiger partial charge in [0.2, 0.25) is 0 Å². The standard InChI is InChI=1S/C21H26N4O2/c1-24(2)18-9-7-17(8-10-18)23-20(26)19-15-16(11-12-22-19)21(27)25-13-5-3-4-6-14-25/h7-12,15H,3-6,13-14H2,1-2H3,(H,23,26). The Morgan fingerprint density at radius 2 is 1.67 bits per heavy atom. The Labute approximate surface area is 160 Å². The van der Waals surface area contributed by atoms with Gasteiger partial charge in [-0.3, -0.25) is 14.6 Å². The van der Waals surface area contributed by atoms with Crippen molar-refractivity contribution in [2.45, 2.75) is 25.7 Å². The summed E-state index contributed by atoms with van der Waals surface area (Å²) in [6.07, 6.45) is 5.93. The minimum atomic E-state index is -0.321. The highest BCUT2D eigenvalue weighted by atomic mass is 16.2. The molecule has 0 saturated carbocycles. The van der Waals surface area contributed by atoms with E-state index in [1.165, 1.54) is 19.0 Å². The van der Waals surface area contributed by atoms with E-state index in [9.17, 15) is 9.59 Å². The molecule has 1 N–H and O–H groups in total. The molecule has 0 bridgehead atoms. The highest BCUT2D eigenvalue weighted by molar-refractivity contribution is 6.04. The summed E-state index contributed by atoms with van der Waals surface area (Å²) >= 11 is 0. The topological polar surface area (TPSA) is 65.5 Å². The Morgan fingerprint density at radius 1 is 1.00 bits per heavy atom. The second-order valence-electron chi connectivity index (χ2n) is 7.03. The number of carbonyl (C=O) groups excluding carboxylic acids is 2. The number of benzene rings is 1. The largest absolute Gasteiger partial charge is 0.378 e. The molecule has 6 heteroatoms. The first kappa shape index (κ1) is 18.9. The van der Waals surface area contributed by atoms with Crippen LogP contribution in [0, 0.1) is 0 Å². The summed E-state index contributed by atoms with van der Waals surface area (Å²) in [6.45, 7) is 1.56. The van der Waals surface area contributed by atoms with Crippen molar-refractivity contribution in [3.8, 4) is 0 Å². The Hall–Kier alpha value is -2.89. The molecule has 142 valence electrons. The summed E-state index contributed by atoms with van der Waals surface area (Å²) in [5, 5.41) is 2.84. The maximum atomic E-state index is 12.7. The lowest BCUT2D eigenvalue weighted by Gasteiger charge is -2.20. The van der Waals surface area contributed by atoms with Crippen LogP contribution in [0.3, 0.4) is 0 Å². The maximum Gasteiger partial charge on any atom is 0.274 e. The predicted molar refractivity (Wildman–Crippen MR) is 107 cm³/mol. The summed E-state index contributed by atoms with van der Waals surface area (Å²) in [4.78, 5) is 33.3. The molecule has 2 amide bonds. The lowest BCUT2D eigenvalue weighted by Crippen LogP contribution is -2.32. The van der Waals surface area contributed by atoms with Crippen molar-refractivity contribution in [2.24, 2.45) is 0 Å². The molecule has 0 radical (unpaired) electrons. The number of hydrogen-bond acceptors (Lipinski definition) is 4. The number of hydrogen-bond donors (Lipinski definition) is 1. The van der Waals surface area contributed by atoms with Crippen molar-refractivity contribution < 1.29 is 9.59 Å². The molecule has 2 aromatic rings. The zero-order valence-electron chi connectivity index (χ0n) is 15.9. The number of likely N-dealkylation sites (tertiary alicyclic amines) is 1. The van der Waals surface area contributed by atoms with Gasteiger partial charge in [-0.25, -0.2) is 0 Å². The average Bonchev–Trinajstić information content (AvgIpc) is 2.97. The van der Waals surface area contributed by atoms with E-state index in [4.69, 9.17) is 0 Å². The number of nitrogens with zero attached hydrogens (tertiary/aromatic N) is 3. The molecule has 1 aromatic heterocycles. The Balaban J connectivity index is 1.70. The Kier molecular flexibility index (Phi) is 6.06. The number of rotatable bonds is 4. The normalized spacial score (nSPS) is 14.4. The van der Waals surface area contributed by atoms with Crippen molar-refractivity contribution >= 4 is 23.2 Å². The average molecular weight is 366 g/mol. The lowest BCUT2D eigenvalue weighted by atomic mass is 10.2. The number of carbonyl (C=O) groups is 2. The quantitative estimate of drug-likeness (QED) is 0.900. The zero-order valence-corrected chi connectivity index (χ0v) is 15.9. The van der Waals surface area contributed by atoms with Crippen molar-refractivity contribution in [1.82, 2.24) is 9.88 Å². The molecule has 3 rings (SSSR count). The molecule has 6 nitrogen and oxygen atoms in total. The molecule has 1 fully saturated rings. The van der Waals surface area contributed by atoms with Crippen LogP contribution in [0.4, 0.5) is 11.4 Å². The van der Waals surface area contributed by atoms with Crippen LogP contribution < -0.4 is 10.2 Å². The van der Waals surface area contributed by atoms with Gasteiger partial charge in [0.05, 0.1) is 0 Å². The molecule has 0 aliphatic carbocycles. The van der Waals surface area contributed by atoms with Crippen LogP contribution in [-0.2, 0) is 0 Å². The summed E-state index contributed by atoms with van der Waals surface area (Å²) in [7, 11) is 3.93. The Morgan fingerprint density at radius 3 is 2.30 bits per heavy atom. The molecular weight excluding hydrogens is 340 g/mol. The van der Waals surface area contributed by atoms with Gasteiger partial charge in [0.15, 0.2) is 0 Å². The number of pyridine rings is 1. The molecule has 1 aliphatic rings. The smallest absolute Gasteiger partial charge is 0.274 e. The first-order valence-electron chi connectivity index (χ1n) is 9.38. The van der Waals surface area contributed by atoms with E-state index in [1.807, 2.05) is 48.2 Å². The summed E-state index contributed by atoms with van der Waals surface area (Å²) in [5.41, 5.74) is 2.50. The van der Waals surface area contributed by atoms with Gasteiger partial charge in [-0.1, -0.05) is 12.8 Å². The van der Waals surface area contributed by atoms with Crippen LogP contribution in [-0.4, -0.2) is 48.9 Å². The van der Waals surface area contributed by atoms with E-state index in [-0.39, 0.29) is 17.5 Å². The Bertz CT molecular complexity index is 794. The summed E-state index contributed by atoms with van der Waals surface area (Å²) in [5.74, 6) is -0.346. The van der Waals surface area contributed by atoms with Gasteiger partial charge >= 0.3 is 0 Å². The van der Waals surface area contributed by atoms with Crippen molar-refractivity contribution in [3.63, 3.8) is 0 Å². The van der Waals surface area contributed by atoms with E-state index in [0.29, 0.717) is 11.3 Å². The highest BCUT2D eigenvalue weighted by Crippen LogP contribution is 2.17. The molecule has 1 aliphatic heterocycles. The second-order valence-corrected chi connectivity index (χ2v) is 7.03. The molecule has 0 atom stereocenters. The third-order valence-electron chi connectivity index (χ3n) is 4.77. The van der Waals surface area contributed by atoms with Gasteiger partial charge in [-0.05, 0) is 49.2 Å². The van der Waals surface area contributed by atoms with Crippen molar-refractivity contribution in [1.29, 1.82) is 0 Å². The van der Waals surface area contributed by atoms with Gasteiger partial charge in [0, 0.05) is 50.3 Å². The third-order valence-corrected chi connectivity index (χ3v) is 4.77. The maximum absolute atomic E-state index is 12.7. The zero-order chi connectivity index (χ0) is 19.2.